The summed E-state index contributed by atoms with van der Waals surface area (Å²) in [4.78, 5) is 27.8. The minimum atomic E-state index is -1.72. The minimum absolute atomic E-state index is 0.0431. The quantitative estimate of drug-likeness (QED) is 0.0833. The van der Waals surface area contributed by atoms with E-state index in [-0.39, 0.29) is 60.9 Å². The first kappa shape index (κ1) is 59.1. The largest absolute Gasteiger partial charge is 0.462 e. The molecule has 4 N–H and O–H groups in total. The van der Waals surface area contributed by atoms with Gasteiger partial charge in [-0.2, -0.15) is 0 Å². The van der Waals surface area contributed by atoms with Crippen LogP contribution in [0.1, 0.15) is 153 Å². The van der Waals surface area contributed by atoms with Crippen LogP contribution in [0.2, 0.25) is 0 Å². The number of fused-ring (bicyclic) bond motifs is 4. The average molecular weight is 1100 g/mol. The van der Waals surface area contributed by atoms with E-state index in [0.29, 0.717) is 66.2 Å². The molecule has 2 aliphatic carbocycles. The number of hydrogen-bond donors (Lipinski definition) is 4. The Balaban J connectivity index is 0.000000192. The predicted molar refractivity (Wildman–Crippen MR) is 297 cm³/mol. The van der Waals surface area contributed by atoms with Crippen LogP contribution in [0.5, 0.6) is 0 Å². The van der Waals surface area contributed by atoms with E-state index in [1.54, 1.807) is 26.0 Å². The molecule has 79 heavy (non-hydrogen) atoms. The van der Waals surface area contributed by atoms with E-state index < -0.39 is 71.0 Å². The van der Waals surface area contributed by atoms with Gasteiger partial charge in [-0.05, 0) is 126 Å². The molecule has 10 rings (SSSR count). The van der Waals surface area contributed by atoms with Gasteiger partial charge in [-0.15, -0.1) is 0 Å². The van der Waals surface area contributed by atoms with Crippen LogP contribution in [0.15, 0.2) is 105 Å². The monoisotopic (exact) mass is 1100 g/mol. The van der Waals surface area contributed by atoms with E-state index in [2.05, 4.69) is 90.0 Å². The Bertz CT molecular complexity index is 2610. The zero-order valence-corrected chi connectivity index (χ0v) is 48.2. The van der Waals surface area contributed by atoms with Gasteiger partial charge >= 0.3 is 11.9 Å². The van der Waals surface area contributed by atoms with Crippen molar-refractivity contribution < 1.29 is 68.1 Å². The Hall–Kier alpha value is -4.52. The van der Waals surface area contributed by atoms with Gasteiger partial charge in [-0.1, -0.05) is 117 Å². The number of oxime groups is 2. The Morgan fingerprint density at radius 1 is 0.608 bits per heavy atom. The van der Waals surface area contributed by atoms with Crippen LogP contribution in [-0.4, -0.2) is 129 Å². The molecule has 0 unspecified atom stereocenters. The Labute approximate surface area is 467 Å². The van der Waals surface area contributed by atoms with Gasteiger partial charge in [0.15, 0.2) is 11.6 Å². The molecule has 6 saturated heterocycles. The van der Waals surface area contributed by atoms with Crippen molar-refractivity contribution in [1.29, 1.82) is 0 Å². The van der Waals surface area contributed by atoms with Gasteiger partial charge in [0.25, 0.3) is 0 Å². The van der Waals surface area contributed by atoms with Gasteiger partial charge in [-0.25, -0.2) is 0 Å². The Morgan fingerprint density at radius 2 is 1.05 bits per heavy atom. The van der Waals surface area contributed by atoms with Gasteiger partial charge < -0.3 is 58.5 Å². The molecule has 16 heteroatoms. The zero-order chi connectivity index (χ0) is 56.6. The van der Waals surface area contributed by atoms with Crippen molar-refractivity contribution in [2.24, 2.45) is 45.8 Å². The first-order valence-electron chi connectivity index (χ1n) is 29.3. The third-order valence-electron chi connectivity index (χ3n) is 18.7. The van der Waals surface area contributed by atoms with Crippen molar-refractivity contribution in [1.82, 2.24) is 0 Å². The number of aliphatic hydroxyl groups is 2. The fourth-order valence-electron chi connectivity index (χ4n) is 14.1. The lowest BCUT2D eigenvalue weighted by Crippen LogP contribution is -2.57. The van der Waals surface area contributed by atoms with Gasteiger partial charge in [0.05, 0.1) is 37.6 Å². The summed E-state index contributed by atoms with van der Waals surface area (Å²) < 4.78 is 50.8. The molecule has 18 atom stereocenters. The summed E-state index contributed by atoms with van der Waals surface area (Å²) in [5, 5.41) is 50.5. The summed E-state index contributed by atoms with van der Waals surface area (Å²) in [6.45, 7) is 21.0. The molecular weight excluding hydrogens is 1010 g/mol. The Morgan fingerprint density at radius 3 is 1.48 bits per heavy atom. The van der Waals surface area contributed by atoms with E-state index in [4.69, 9.17) is 37.9 Å². The van der Waals surface area contributed by atoms with Crippen LogP contribution in [-0.2, 0) is 47.5 Å². The first-order chi connectivity index (χ1) is 37.6. The van der Waals surface area contributed by atoms with Crippen molar-refractivity contribution in [3.8, 4) is 0 Å². The van der Waals surface area contributed by atoms with Gasteiger partial charge in [0, 0.05) is 38.5 Å². The summed E-state index contributed by atoms with van der Waals surface area (Å²) in [6, 6.07) is 0. The van der Waals surface area contributed by atoms with Crippen LogP contribution >= 0.6 is 0 Å². The molecule has 8 aliphatic heterocycles. The highest BCUT2D eigenvalue weighted by Gasteiger charge is 2.61. The average Bonchev–Trinajstić information content (AvgIpc) is 4.00. The van der Waals surface area contributed by atoms with Crippen LogP contribution in [0, 0.1) is 35.5 Å². The molecule has 8 heterocycles. The lowest BCUT2D eigenvalue weighted by molar-refractivity contribution is -0.335. The van der Waals surface area contributed by atoms with E-state index in [0.717, 1.165) is 51.4 Å². The number of carbonyl (C=O) groups is 2. The lowest BCUT2D eigenvalue weighted by Gasteiger charge is -2.49. The van der Waals surface area contributed by atoms with Crippen molar-refractivity contribution in [2.45, 2.75) is 224 Å². The summed E-state index contributed by atoms with van der Waals surface area (Å²) in [7, 11) is 0. The lowest BCUT2D eigenvalue weighted by atomic mass is 9.71. The Kier molecular flexibility index (Phi) is 18.1. The molecule has 0 radical (unpaired) electrons. The van der Waals surface area contributed by atoms with E-state index >= 15 is 0 Å². The number of allylic oxidation sites excluding steroid dienone is 8. The SMILES string of the molecule is CC1=C[C@H]2C(=O)O[C@H]3C[C@@H](C/C=C(\C)C[C@@H](C)/C=C/C=C4\CO[C@H](/C1=N/O)[C@@]42O)O[C@@]1(CC[C@H](C)[C@@H](C)O1)C3.CC[C@H]1O[C@]2(CC[C@@H]1C)C[C@@H]1C[C@@H](C/C=C(\C)C[C@@H](C)/C=C/C=C3\CO[C@@H]4/C(=N/O)C(C)=C[C@@H](C(=O)O1)[C@]34O)O2. The first-order valence-corrected chi connectivity index (χ1v) is 29.3. The highest BCUT2D eigenvalue weighted by Crippen LogP contribution is 2.49. The summed E-state index contributed by atoms with van der Waals surface area (Å²) in [5.41, 5.74) is 1.84. The highest BCUT2D eigenvalue weighted by atomic mass is 16.7. The molecule has 16 nitrogen and oxygen atoms in total. The molecule has 0 aromatic rings. The van der Waals surface area contributed by atoms with Crippen LogP contribution in [0.3, 0.4) is 0 Å². The maximum absolute atomic E-state index is 13.9. The fraction of sp³-hybridized carbons (Fsp3) is 0.683. The van der Waals surface area contributed by atoms with Crippen LogP contribution in [0.25, 0.3) is 0 Å². The second-order valence-corrected chi connectivity index (χ2v) is 25.0. The van der Waals surface area contributed by atoms with Crippen molar-refractivity contribution >= 4 is 23.4 Å². The molecule has 0 saturated carbocycles. The number of rotatable bonds is 1. The number of esters is 2. The zero-order valence-electron chi connectivity index (χ0n) is 48.2. The summed E-state index contributed by atoms with van der Waals surface area (Å²) in [5.74, 6) is -3.22. The minimum Gasteiger partial charge on any atom is -0.462 e. The molecule has 4 bridgehead atoms. The molecule has 0 amide bonds. The number of ether oxygens (including phenoxy) is 8. The molecule has 0 aromatic carbocycles. The highest BCUT2D eigenvalue weighted by molar-refractivity contribution is 6.07. The number of nitrogens with zero attached hydrogens (tertiary/aromatic N) is 2. The molecule has 2 spiro atoms. The molecule has 0 aromatic heterocycles. The molecule has 10 aliphatic rings. The second-order valence-electron chi connectivity index (χ2n) is 25.0. The van der Waals surface area contributed by atoms with Gasteiger partial charge in [-0.3, -0.25) is 9.59 Å². The summed E-state index contributed by atoms with van der Waals surface area (Å²) >= 11 is 0. The smallest absolute Gasteiger partial charge is 0.316 e. The van der Waals surface area contributed by atoms with Crippen LogP contribution in [0.4, 0.5) is 0 Å². The molecule has 6 fully saturated rings. The van der Waals surface area contributed by atoms with Crippen molar-refractivity contribution in [3.63, 3.8) is 0 Å². The van der Waals surface area contributed by atoms with E-state index in [1.807, 2.05) is 24.3 Å². The predicted octanol–water partition coefficient (Wildman–Crippen LogP) is 10.4. The second kappa shape index (κ2) is 24.1. The fourth-order valence-corrected chi connectivity index (χ4v) is 14.1. The van der Waals surface area contributed by atoms with Gasteiger partial charge in [0.2, 0.25) is 0 Å². The van der Waals surface area contributed by atoms with Gasteiger partial charge in [0.1, 0.15) is 58.9 Å². The van der Waals surface area contributed by atoms with Crippen molar-refractivity contribution in [3.05, 3.63) is 94.2 Å². The third-order valence-corrected chi connectivity index (χ3v) is 18.7. The van der Waals surface area contributed by atoms with Crippen LogP contribution < -0.4 is 0 Å². The topological polar surface area (TPSA) is 214 Å². The maximum atomic E-state index is 13.9. The normalized spacial score (nSPS) is 47.4. The molecule has 434 valence electrons. The number of carbonyl (C=O) groups excluding carboxylic acids is 2. The van der Waals surface area contributed by atoms with Crippen molar-refractivity contribution in [2.75, 3.05) is 13.2 Å². The number of hydrogen-bond acceptors (Lipinski definition) is 16. The van der Waals surface area contributed by atoms with E-state index in [9.17, 15) is 30.2 Å². The standard InChI is InChI=1S/C32H45NO7.C31H43NO7/c1-6-27-21(4)12-13-31(40-27)17-25-16-24(39-31)11-10-20(3)14-19(2)8-7-9-23-18-37-29-28(33-36)22(5)15-26(30(34)38-25)32(23,29)35;1-18-7-6-8-23-17-36-28-27(32-35)21(4)14-26(31(23,28)34)29(33)37-25-15-24(10-9-19(2)13-18)39-30(16-25)12-11-20(3)22(5)38-30/h7-10,15,19,21,24-27,29,35-36H,6,11-14,16-18H2,1-5H3;6-9,14,18,20,22,24-26,28,34-35H,10-13,15-17H2,1-5H3/b8-7+,20-10+,23-9+,33-28+;7-6+,19-9+,23-8+,32-27+/t19-,21-,24+,25-,26-,27+,29+,31+,32+;18-,20-,22+,24+,25-,26-,28+,30-,31+/m00/s1. The maximum Gasteiger partial charge on any atom is 0.316 e. The third kappa shape index (κ3) is 12.2. The molecular formula is C63H88N2O14. The summed E-state index contributed by atoms with van der Waals surface area (Å²) in [6.07, 6.45) is 26.1. The van der Waals surface area contributed by atoms with E-state index in [1.165, 1.54) is 11.1 Å².